The van der Waals surface area contributed by atoms with Crippen LogP contribution in [-0.4, -0.2) is 74.3 Å². The molecule has 0 saturated carbocycles. The average Bonchev–Trinajstić information content (AvgIpc) is 2.83. The Labute approximate surface area is 184 Å². The topological polar surface area (TPSA) is 64.1 Å². The summed E-state index contributed by atoms with van der Waals surface area (Å²) in [7, 11) is 3.29. The Hall–Kier alpha value is -2.64. The number of ether oxygens (including phenoxy) is 3. The van der Waals surface area contributed by atoms with E-state index in [9.17, 15) is 4.79 Å². The molecule has 2 aromatic rings. The summed E-state index contributed by atoms with van der Waals surface area (Å²) >= 11 is 0. The Bertz CT molecular complexity index is 810. The van der Waals surface area contributed by atoms with Crippen LogP contribution in [0.3, 0.4) is 0 Å². The van der Waals surface area contributed by atoms with Crippen molar-refractivity contribution >= 4 is 5.91 Å². The first-order valence-corrected chi connectivity index (χ1v) is 10.9. The molecule has 7 heteroatoms. The van der Waals surface area contributed by atoms with Crippen LogP contribution in [-0.2, 0) is 22.5 Å². The molecule has 1 aromatic heterocycles. The Morgan fingerprint density at radius 1 is 1.13 bits per heavy atom. The van der Waals surface area contributed by atoms with Gasteiger partial charge in [0.25, 0.3) is 0 Å². The van der Waals surface area contributed by atoms with Crippen molar-refractivity contribution in [1.82, 2.24) is 14.8 Å². The number of carbonyl (C=O) groups excluding carboxylic acids is 1. The van der Waals surface area contributed by atoms with Crippen molar-refractivity contribution in [3.63, 3.8) is 0 Å². The fraction of sp³-hybridized carbons (Fsp3) is 0.500. The lowest BCUT2D eigenvalue weighted by atomic mass is 10.1. The van der Waals surface area contributed by atoms with Gasteiger partial charge in [-0.15, -0.1) is 0 Å². The molecule has 0 atom stereocenters. The number of rotatable bonds is 11. The second-order valence-corrected chi connectivity index (χ2v) is 7.66. The van der Waals surface area contributed by atoms with Crippen molar-refractivity contribution in [2.75, 3.05) is 53.6 Å². The van der Waals surface area contributed by atoms with Gasteiger partial charge in [-0.3, -0.25) is 14.7 Å². The van der Waals surface area contributed by atoms with Gasteiger partial charge in [0, 0.05) is 51.5 Å². The van der Waals surface area contributed by atoms with Crippen LogP contribution in [0.15, 0.2) is 42.7 Å². The van der Waals surface area contributed by atoms with Crippen LogP contribution in [0.1, 0.15) is 24.0 Å². The van der Waals surface area contributed by atoms with Gasteiger partial charge in [-0.2, -0.15) is 0 Å². The summed E-state index contributed by atoms with van der Waals surface area (Å²) < 4.78 is 16.2. The monoisotopic (exact) mass is 427 g/mol. The number of amides is 1. The number of nitrogens with zero attached hydrogens (tertiary/aromatic N) is 3. The van der Waals surface area contributed by atoms with Crippen molar-refractivity contribution in [2.24, 2.45) is 0 Å². The summed E-state index contributed by atoms with van der Waals surface area (Å²) in [5, 5.41) is 0. The number of morpholine rings is 1. The summed E-state index contributed by atoms with van der Waals surface area (Å²) in [6, 6.07) is 9.62. The van der Waals surface area contributed by atoms with E-state index >= 15 is 0 Å². The largest absolute Gasteiger partial charge is 0.497 e. The van der Waals surface area contributed by atoms with Gasteiger partial charge in [-0.25, -0.2) is 0 Å². The number of benzene rings is 1. The molecule has 0 radical (unpaired) electrons. The van der Waals surface area contributed by atoms with Crippen molar-refractivity contribution in [3.05, 3.63) is 53.9 Å². The summed E-state index contributed by atoms with van der Waals surface area (Å²) in [6.07, 6.45) is 5.51. The normalized spacial score (nSPS) is 14.3. The van der Waals surface area contributed by atoms with Crippen LogP contribution in [0, 0.1) is 0 Å². The third-order valence-corrected chi connectivity index (χ3v) is 5.58. The number of hydrogen-bond acceptors (Lipinski definition) is 6. The van der Waals surface area contributed by atoms with Gasteiger partial charge in [0.15, 0.2) is 0 Å². The zero-order valence-electron chi connectivity index (χ0n) is 18.6. The van der Waals surface area contributed by atoms with Crippen LogP contribution in [0.5, 0.6) is 11.5 Å². The third kappa shape index (κ3) is 7.22. The maximum Gasteiger partial charge on any atom is 0.223 e. The van der Waals surface area contributed by atoms with Gasteiger partial charge < -0.3 is 19.1 Å². The van der Waals surface area contributed by atoms with Gasteiger partial charge in [0.05, 0.1) is 27.4 Å². The van der Waals surface area contributed by atoms with Gasteiger partial charge in [-0.1, -0.05) is 0 Å². The lowest BCUT2D eigenvalue weighted by Gasteiger charge is -2.28. The molecular weight excluding hydrogens is 394 g/mol. The quantitative estimate of drug-likeness (QED) is 0.550. The van der Waals surface area contributed by atoms with E-state index in [0.29, 0.717) is 19.4 Å². The SMILES string of the molecule is COc1ccc(OC)c(CCC(=O)N(CCCN2CCOCC2)Cc2ccncc2)c1. The predicted octanol–water partition coefficient (Wildman–Crippen LogP) is 2.78. The Balaban J connectivity index is 1.61. The van der Waals surface area contributed by atoms with E-state index in [1.54, 1.807) is 26.6 Å². The van der Waals surface area contributed by atoms with Gasteiger partial charge in [0.1, 0.15) is 11.5 Å². The molecule has 1 saturated heterocycles. The van der Waals surface area contributed by atoms with Crippen molar-refractivity contribution in [2.45, 2.75) is 25.8 Å². The third-order valence-electron chi connectivity index (χ3n) is 5.58. The molecule has 1 amide bonds. The molecule has 0 aliphatic carbocycles. The van der Waals surface area contributed by atoms with E-state index in [-0.39, 0.29) is 5.91 Å². The maximum absolute atomic E-state index is 13.2. The number of methoxy groups -OCH3 is 2. The minimum atomic E-state index is 0.142. The fourth-order valence-electron chi connectivity index (χ4n) is 3.79. The standard InChI is InChI=1S/C24H33N3O4/c1-29-22-5-6-23(30-2)21(18-22)4-7-24(28)27(19-20-8-10-25-11-9-20)13-3-12-26-14-16-31-17-15-26/h5-6,8-11,18H,3-4,7,12-17,19H2,1-2H3. The molecule has 0 unspecified atom stereocenters. The van der Waals surface area contributed by atoms with E-state index in [1.165, 1.54) is 0 Å². The molecule has 31 heavy (non-hydrogen) atoms. The number of aryl methyl sites for hydroxylation is 1. The van der Waals surface area contributed by atoms with Crippen LogP contribution < -0.4 is 9.47 Å². The Kier molecular flexibility index (Phi) is 9.12. The number of carbonyl (C=O) groups is 1. The molecule has 1 aromatic carbocycles. The lowest BCUT2D eigenvalue weighted by Crippen LogP contribution is -2.39. The second kappa shape index (κ2) is 12.3. The van der Waals surface area contributed by atoms with Crippen molar-refractivity contribution < 1.29 is 19.0 Å². The molecule has 0 spiro atoms. The second-order valence-electron chi connectivity index (χ2n) is 7.66. The highest BCUT2D eigenvalue weighted by atomic mass is 16.5. The molecule has 2 heterocycles. The zero-order chi connectivity index (χ0) is 21.9. The first kappa shape index (κ1) is 23.0. The van der Waals surface area contributed by atoms with E-state index in [1.807, 2.05) is 35.2 Å². The van der Waals surface area contributed by atoms with Crippen LogP contribution in [0.4, 0.5) is 0 Å². The number of aromatic nitrogens is 1. The highest BCUT2D eigenvalue weighted by Crippen LogP contribution is 2.25. The van der Waals surface area contributed by atoms with Crippen molar-refractivity contribution in [1.29, 1.82) is 0 Å². The molecular formula is C24H33N3O4. The molecule has 1 aliphatic rings. The summed E-state index contributed by atoms with van der Waals surface area (Å²) in [4.78, 5) is 21.6. The van der Waals surface area contributed by atoms with Crippen molar-refractivity contribution in [3.8, 4) is 11.5 Å². The molecule has 7 nitrogen and oxygen atoms in total. The van der Waals surface area contributed by atoms with Gasteiger partial charge in [0.2, 0.25) is 5.91 Å². The lowest BCUT2D eigenvalue weighted by molar-refractivity contribution is -0.132. The van der Waals surface area contributed by atoms with E-state index in [0.717, 1.165) is 68.4 Å². The molecule has 0 N–H and O–H groups in total. The van der Waals surface area contributed by atoms with E-state index in [2.05, 4.69) is 9.88 Å². The summed E-state index contributed by atoms with van der Waals surface area (Å²) in [5.41, 5.74) is 2.07. The van der Waals surface area contributed by atoms with Gasteiger partial charge >= 0.3 is 0 Å². The molecule has 0 bridgehead atoms. The highest BCUT2D eigenvalue weighted by Gasteiger charge is 2.17. The molecule has 1 fully saturated rings. The van der Waals surface area contributed by atoms with E-state index in [4.69, 9.17) is 14.2 Å². The summed E-state index contributed by atoms with van der Waals surface area (Å²) in [6.45, 7) is 5.83. The molecule has 168 valence electrons. The first-order valence-electron chi connectivity index (χ1n) is 10.9. The molecule has 3 rings (SSSR count). The Morgan fingerprint density at radius 3 is 2.61 bits per heavy atom. The number of hydrogen-bond donors (Lipinski definition) is 0. The predicted molar refractivity (Wildman–Crippen MR) is 119 cm³/mol. The minimum absolute atomic E-state index is 0.142. The first-order chi connectivity index (χ1) is 15.2. The number of pyridine rings is 1. The maximum atomic E-state index is 13.2. The molecule has 1 aliphatic heterocycles. The highest BCUT2D eigenvalue weighted by molar-refractivity contribution is 5.76. The van der Waals surface area contributed by atoms with Crippen LogP contribution >= 0.6 is 0 Å². The smallest absolute Gasteiger partial charge is 0.223 e. The zero-order valence-corrected chi connectivity index (χ0v) is 18.6. The van der Waals surface area contributed by atoms with Crippen LogP contribution in [0.25, 0.3) is 0 Å². The van der Waals surface area contributed by atoms with E-state index < -0.39 is 0 Å². The fourth-order valence-corrected chi connectivity index (χ4v) is 3.79. The Morgan fingerprint density at radius 2 is 1.90 bits per heavy atom. The summed E-state index contributed by atoms with van der Waals surface area (Å²) in [5.74, 6) is 1.69. The van der Waals surface area contributed by atoms with Gasteiger partial charge in [-0.05, 0) is 54.3 Å². The minimum Gasteiger partial charge on any atom is -0.497 e. The van der Waals surface area contributed by atoms with Crippen LogP contribution in [0.2, 0.25) is 0 Å². The average molecular weight is 428 g/mol.